The number of sulfone groups is 1. The van der Waals surface area contributed by atoms with Crippen molar-refractivity contribution >= 4 is 21.6 Å². The molecule has 1 aromatic carbocycles. The van der Waals surface area contributed by atoms with Crippen molar-refractivity contribution in [1.29, 1.82) is 0 Å². The van der Waals surface area contributed by atoms with E-state index < -0.39 is 26.5 Å². The van der Waals surface area contributed by atoms with E-state index in [9.17, 15) is 18.5 Å². The Morgan fingerprint density at radius 3 is 2.48 bits per heavy atom. The van der Waals surface area contributed by atoms with Gasteiger partial charge in [0, 0.05) is 36.9 Å². The molecule has 2 aliphatic rings. The van der Waals surface area contributed by atoms with E-state index in [1.165, 1.54) is 30.3 Å². The maximum Gasteiger partial charge on any atom is 0.402 e. The number of nitro groups is 1. The van der Waals surface area contributed by atoms with Crippen LogP contribution in [0, 0.1) is 10.1 Å². The smallest absolute Gasteiger partial charge is 0.402 e. The van der Waals surface area contributed by atoms with Gasteiger partial charge in [0.25, 0.3) is 0 Å². The van der Waals surface area contributed by atoms with Crippen molar-refractivity contribution < 1.29 is 18.1 Å². The highest BCUT2D eigenvalue weighted by Crippen LogP contribution is 2.35. The quantitative estimate of drug-likeness (QED) is 0.332. The third-order valence-corrected chi connectivity index (χ3v) is 8.19. The normalized spacial score (nSPS) is 24.0. The number of hydrogen-bond donors (Lipinski definition) is 0. The van der Waals surface area contributed by atoms with Gasteiger partial charge in [0.05, 0.1) is 14.8 Å². The number of allylic oxidation sites excluding steroid dienone is 2. The van der Waals surface area contributed by atoms with Crippen LogP contribution >= 0.6 is 11.8 Å². The predicted molar refractivity (Wildman–Crippen MR) is 127 cm³/mol. The fraction of sp³-hybridized carbons (Fsp3) is 0.348. The minimum absolute atomic E-state index is 0.133. The van der Waals surface area contributed by atoms with E-state index >= 15 is 0 Å². The Kier molecular flexibility index (Phi) is 6.87. The summed E-state index contributed by atoms with van der Waals surface area (Å²) in [7, 11) is -3.37. The van der Waals surface area contributed by atoms with Crippen LogP contribution < -0.4 is 4.74 Å². The Hall–Kier alpha value is -2.69. The molecule has 0 radical (unpaired) electrons. The molecule has 0 N–H and O–H groups in total. The first kappa shape index (κ1) is 23.5. The molecule has 2 unspecified atom stereocenters. The third-order valence-electron chi connectivity index (χ3n) is 5.78. The number of pyridine rings is 1. The van der Waals surface area contributed by atoms with E-state index in [0.717, 1.165) is 24.1 Å². The maximum atomic E-state index is 12.3. The van der Waals surface area contributed by atoms with Crippen LogP contribution in [-0.2, 0) is 9.84 Å². The third kappa shape index (κ3) is 5.29. The van der Waals surface area contributed by atoms with E-state index in [2.05, 4.69) is 9.88 Å². The molecule has 0 amide bonds. The zero-order valence-electron chi connectivity index (χ0n) is 18.1. The molecule has 33 heavy (non-hydrogen) atoms. The number of ether oxygens (including phenoxy) is 1. The number of piperidine rings is 1. The second kappa shape index (κ2) is 9.66. The summed E-state index contributed by atoms with van der Waals surface area (Å²) in [4.78, 5) is 18.5. The lowest BCUT2D eigenvalue weighted by molar-refractivity contribution is -0.606. The average Bonchev–Trinajstić information content (AvgIpc) is 2.80. The van der Waals surface area contributed by atoms with E-state index in [0.29, 0.717) is 18.3 Å². The molecule has 8 nitrogen and oxygen atoms in total. The fourth-order valence-corrected chi connectivity index (χ4v) is 5.78. The Balaban J connectivity index is 1.50. The molecule has 0 spiro atoms. The van der Waals surface area contributed by atoms with Gasteiger partial charge in [-0.1, -0.05) is 24.3 Å². The molecule has 0 bridgehead atoms. The Bertz CT molecular complexity index is 1140. The maximum absolute atomic E-state index is 12.3. The summed E-state index contributed by atoms with van der Waals surface area (Å²) in [6.45, 7) is 1.39. The molecular formula is C23H25N3O5S2. The molecule has 10 heteroatoms. The van der Waals surface area contributed by atoms with E-state index in [1.807, 2.05) is 18.2 Å². The van der Waals surface area contributed by atoms with Crippen LogP contribution in [0.4, 0.5) is 0 Å². The lowest BCUT2D eigenvalue weighted by atomic mass is 9.94. The van der Waals surface area contributed by atoms with Gasteiger partial charge in [-0.2, -0.15) is 0 Å². The van der Waals surface area contributed by atoms with E-state index in [-0.39, 0.29) is 10.6 Å². The van der Waals surface area contributed by atoms with Crippen molar-refractivity contribution in [2.45, 2.75) is 39.8 Å². The Morgan fingerprint density at radius 1 is 1.15 bits per heavy atom. The number of rotatable bonds is 7. The highest BCUT2D eigenvalue weighted by atomic mass is 32.2. The molecule has 0 saturated carbocycles. The van der Waals surface area contributed by atoms with E-state index in [4.69, 9.17) is 4.74 Å². The van der Waals surface area contributed by atoms with Gasteiger partial charge in [-0.05, 0) is 49.2 Å². The first-order valence-electron chi connectivity index (χ1n) is 10.6. The van der Waals surface area contributed by atoms with Crippen LogP contribution in [0.25, 0.3) is 0 Å². The molecule has 1 fully saturated rings. The Labute approximate surface area is 197 Å². The Morgan fingerprint density at radius 2 is 1.88 bits per heavy atom. The zero-order chi connectivity index (χ0) is 23.5. The SMILES string of the molecule is CS(=O)(=O)c1ccc(OC2([N+](=O)[O-])C=CC=CC2N2CCC(Sc3ccccn3)CC2)cc1. The molecule has 1 aliphatic heterocycles. The molecule has 1 aromatic heterocycles. The molecule has 1 aliphatic carbocycles. The molecule has 174 valence electrons. The van der Waals surface area contributed by atoms with Crippen molar-refractivity contribution in [3.8, 4) is 5.75 Å². The largest absolute Gasteiger partial charge is 0.423 e. The predicted octanol–water partition coefficient (Wildman–Crippen LogP) is 3.59. The van der Waals surface area contributed by atoms with Gasteiger partial charge in [-0.15, -0.1) is 11.8 Å². The number of aromatic nitrogens is 1. The van der Waals surface area contributed by atoms with Crippen LogP contribution in [-0.4, -0.2) is 59.6 Å². The minimum Gasteiger partial charge on any atom is -0.423 e. The first-order chi connectivity index (χ1) is 15.8. The van der Waals surface area contributed by atoms with Gasteiger partial charge in [0.2, 0.25) is 0 Å². The number of hydrogen-bond acceptors (Lipinski definition) is 8. The number of nitrogens with zero attached hydrogens (tertiary/aromatic N) is 3. The van der Waals surface area contributed by atoms with Gasteiger partial charge < -0.3 is 4.74 Å². The number of thioether (sulfide) groups is 1. The molecule has 2 heterocycles. The zero-order valence-corrected chi connectivity index (χ0v) is 19.7. The molecule has 4 rings (SSSR count). The highest BCUT2D eigenvalue weighted by molar-refractivity contribution is 7.99. The van der Waals surface area contributed by atoms with Crippen molar-refractivity contribution in [3.05, 3.63) is 83.1 Å². The second-order valence-electron chi connectivity index (χ2n) is 8.06. The number of likely N-dealkylation sites (tertiary alicyclic amines) is 1. The fourth-order valence-electron chi connectivity index (χ4n) is 4.09. The molecular weight excluding hydrogens is 462 g/mol. The van der Waals surface area contributed by atoms with Gasteiger partial charge >= 0.3 is 5.72 Å². The summed E-state index contributed by atoms with van der Waals surface area (Å²) in [5, 5.41) is 13.7. The van der Waals surface area contributed by atoms with Gasteiger partial charge in [0.1, 0.15) is 11.8 Å². The summed E-state index contributed by atoms with van der Waals surface area (Å²) < 4.78 is 29.4. The molecule has 1 saturated heterocycles. The topological polar surface area (TPSA) is 103 Å². The molecule has 2 aromatic rings. The lowest BCUT2D eigenvalue weighted by Gasteiger charge is -2.41. The van der Waals surface area contributed by atoms with Crippen molar-refractivity contribution in [2.75, 3.05) is 19.3 Å². The average molecular weight is 488 g/mol. The van der Waals surface area contributed by atoms with Crippen molar-refractivity contribution in [1.82, 2.24) is 9.88 Å². The van der Waals surface area contributed by atoms with Crippen LogP contribution in [0.1, 0.15) is 12.8 Å². The monoisotopic (exact) mass is 487 g/mol. The molecule has 2 atom stereocenters. The summed E-state index contributed by atoms with van der Waals surface area (Å²) >= 11 is 1.74. The van der Waals surface area contributed by atoms with Crippen LogP contribution in [0.5, 0.6) is 5.75 Å². The minimum atomic E-state index is -3.37. The van der Waals surface area contributed by atoms with Crippen molar-refractivity contribution in [2.24, 2.45) is 0 Å². The first-order valence-corrected chi connectivity index (χ1v) is 13.4. The van der Waals surface area contributed by atoms with Crippen molar-refractivity contribution in [3.63, 3.8) is 0 Å². The highest BCUT2D eigenvalue weighted by Gasteiger charge is 2.54. The summed E-state index contributed by atoms with van der Waals surface area (Å²) in [6, 6.07) is 11.0. The van der Waals surface area contributed by atoms with Crippen LogP contribution in [0.3, 0.4) is 0 Å². The van der Waals surface area contributed by atoms with Crippen LogP contribution in [0.2, 0.25) is 0 Å². The van der Waals surface area contributed by atoms with E-state index in [1.54, 1.807) is 36.2 Å². The number of benzene rings is 1. The van der Waals surface area contributed by atoms with Gasteiger partial charge in [0.15, 0.2) is 9.84 Å². The lowest BCUT2D eigenvalue weighted by Crippen LogP contribution is -2.61. The second-order valence-corrected chi connectivity index (χ2v) is 11.4. The standard InChI is InChI=1S/C23H25N3O5S2/c1-33(29,30)20-10-8-18(9-11-20)31-23(26(27)28)14-4-2-6-21(23)25-16-12-19(13-17-25)32-22-7-3-5-15-24-22/h2-11,14-15,19,21H,12-13,16-17H2,1H3. The summed E-state index contributed by atoms with van der Waals surface area (Å²) in [5.41, 5.74) is -1.80. The van der Waals surface area contributed by atoms with Crippen LogP contribution in [0.15, 0.2) is 82.9 Å². The van der Waals surface area contributed by atoms with Gasteiger partial charge in [-0.3, -0.25) is 15.0 Å². The summed E-state index contributed by atoms with van der Waals surface area (Å²) in [5.74, 6) is 0.240. The van der Waals surface area contributed by atoms with Gasteiger partial charge in [-0.25, -0.2) is 13.4 Å². The summed E-state index contributed by atoms with van der Waals surface area (Å²) in [6.07, 6.45) is 11.4.